The maximum absolute atomic E-state index is 2.41. The first-order valence-electron chi connectivity index (χ1n) is 12.2. The van der Waals surface area contributed by atoms with Crippen LogP contribution in [-0.2, 0) is 0 Å². The fourth-order valence-corrected chi connectivity index (χ4v) is 6.47. The summed E-state index contributed by atoms with van der Waals surface area (Å²) in [6.07, 6.45) is 0. The topological polar surface area (TPSA) is 0 Å². The van der Waals surface area contributed by atoms with Crippen molar-refractivity contribution in [3.05, 3.63) is 106 Å². The fraction of sp³-hybridized carbons (Fsp3) is 0.176. The fourth-order valence-electron chi connectivity index (χ4n) is 6.47. The minimum absolute atomic E-state index is 1.31. The first kappa shape index (κ1) is 20.9. The average molecular weight is 439 g/mol. The Morgan fingerprint density at radius 3 is 1.59 bits per heavy atom. The molecule has 0 nitrogen and oxygen atoms in total. The summed E-state index contributed by atoms with van der Waals surface area (Å²) < 4.78 is 0. The molecule has 0 unspecified atom stereocenters. The van der Waals surface area contributed by atoms with Crippen molar-refractivity contribution in [3.8, 4) is 44.5 Å². The third-order valence-corrected chi connectivity index (χ3v) is 7.55. The van der Waals surface area contributed by atoms with Crippen molar-refractivity contribution in [1.82, 2.24) is 0 Å². The van der Waals surface area contributed by atoms with E-state index in [4.69, 9.17) is 0 Å². The van der Waals surface area contributed by atoms with Gasteiger partial charge in [-0.25, -0.2) is 0 Å². The Morgan fingerprint density at radius 1 is 0.412 bits per heavy atom. The summed E-state index contributed by atoms with van der Waals surface area (Å²) in [5.74, 6) is 0. The highest BCUT2D eigenvalue weighted by Gasteiger charge is 2.24. The average Bonchev–Trinajstić information content (AvgIpc) is 3.09. The summed E-state index contributed by atoms with van der Waals surface area (Å²) in [4.78, 5) is 0. The van der Waals surface area contributed by atoms with Gasteiger partial charge >= 0.3 is 0 Å². The Hall–Kier alpha value is -3.64. The highest BCUT2D eigenvalue weighted by Crippen LogP contribution is 2.51. The molecule has 5 aromatic carbocycles. The van der Waals surface area contributed by atoms with Gasteiger partial charge in [0.2, 0.25) is 0 Å². The van der Waals surface area contributed by atoms with Crippen LogP contribution >= 0.6 is 0 Å². The van der Waals surface area contributed by atoms with Crippen molar-refractivity contribution in [2.75, 3.05) is 0 Å². The van der Waals surface area contributed by atoms with E-state index in [1.165, 1.54) is 88.7 Å². The molecule has 0 aliphatic heterocycles. The summed E-state index contributed by atoms with van der Waals surface area (Å²) in [5, 5.41) is 2.74. The molecule has 0 heteroatoms. The van der Waals surface area contributed by atoms with Gasteiger partial charge in [0, 0.05) is 0 Å². The van der Waals surface area contributed by atoms with E-state index in [0.717, 1.165) is 0 Å². The minimum atomic E-state index is 1.31. The Morgan fingerprint density at radius 2 is 0.941 bits per heavy atom. The molecule has 0 aromatic heterocycles. The summed E-state index contributed by atoms with van der Waals surface area (Å²) in [6.45, 7) is 13.3. The standard InChI is InChI=1S/C34H30/c1-19-14-21(3)32(22(4)15-19)25-10-11-26-29-12-13-30(33-23(5)16-20(2)17-24(33)6)27-8-7-9-28(34(27)29)31(26)18-25/h7-18H,1-6H3. The summed E-state index contributed by atoms with van der Waals surface area (Å²) >= 11 is 0. The lowest BCUT2D eigenvalue weighted by molar-refractivity contribution is 1.32. The Labute approximate surface area is 202 Å². The molecule has 1 aliphatic carbocycles. The summed E-state index contributed by atoms with van der Waals surface area (Å²) in [6, 6.07) is 27.8. The van der Waals surface area contributed by atoms with Gasteiger partial charge < -0.3 is 0 Å². The van der Waals surface area contributed by atoms with Crippen LogP contribution in [-0.4, -0.2) is 0 Å². The second-order valence-corrected chi connectivity index (χ2v) is 10.2. The third-order valence-electron chi connectivity index (χ3n) is 7.55. The van der Waals surface area contributed by atoms with E-state index in [2.05, 4.69) is 114 Å². The van der Waals surface area contributed by atoms with Crippen LogP contribution in [0.2, 0.25) is 0 Å². The number of aryl methyl sites for hydroxylation is 6. The monoisotopic (exact) mass is 438 g/mol. The maximum Gasteiger partial charge on any atom is -0.00201 e. The molecule has 0 amide bonds. The van der Waals surface area contributed by atoms with Gasteiger partial charge in [-0.3, -0.25) is 0 Å². The van der Waals surface area contributed by atoms with Crippen molar-refractivity contribution in [3.63, 3.8) is 0 Å². The number of fused-ring (bicyclic) bond motifs is 3. The van der Waals surface area contributed by atoms with Crippen molar-refractivity contribution < 1.29 is 0 Å². The van der Waals surface area contributed by atoms with Crippen LogP contribution in [0.1, 0.15) is 33.4 Å². The van der Waals surface area contributed by atoms with E-state index in [0.29, 0.717) is 0 Å². The lowest BCUT2D eigenvalue weighted by atomic mass is 9.89. The van der Waals surface area contributed by atoms with Crippen molar-refractivity contribution in [2.45, 2.75) is 41.5 Å². The molecular formula is C34H30. The Bertz CT molecular complexity index is 1600. The molecule has 166 valence electrons. The molecule has 0 bridgehead atoms. The van der Waals surface area contributed by atoms with Gasteiger partial charge in [0.1, 0.15) is 0 Å². The normalized spacial score (nSPS) is 11.8. The van der Waals surface area contributed by atoms with Crippen molar-refractivity contribution in [1.29, 1.82) is 0 Å². The molecule has 1 aliphatic rings. The highest BCUT2D eigenvalue weighted by molar-refractivity contribution is 6.19. The van der Waals surface area contributed by atoms with E-state index < -0.39 is 0 Å². The van der Waals surface area contributed by atoms with Crippen LogP contribution in [0.15, 0.2) is 72.8 Å². The molecule has 0 atom stereocenters. The molecule has 0 N–H and O–H groups in total. The second kappa shape index (κ2) is 7.43. The first-order valence-corrected chi connectivity index (χ1v) is 12.2. The van der Waals surface area contributed by atoms with Crippen LogP contribution in [0, 0.1) is 41.5 Å². The van der Waals surface area contributed by atoms with Crippen LogP contribution < -0.4 is 0 Å². The lowest BCUT2D eigenvalue weighted by Gasteiger charge is -2.15. The van der Waals surface area contributed by atoms with Crippen LogP contribution in [0.3, 0.4) is 0 Å². The van der Waals surface area contributed by atoms with Gasteiger partial charge in [0.05, 0.1) is 0 Å². The molecule has 34 heavy (non-hydrogen) atoms. The van der Waals surface area contributed by atoms with E-state index in [-0.39, 0.29) is 0 Å². The smallest absolute Gasteiger partial charge is 0.00201 e. The zero-order valence-electron chi connectivity index (χ0n) is 20.9. The van der Waals surface area contributed by atoms with Crippen molar-refractivity contribution >= 4 is 10.8 Å². The number of benzene rings is 5. The van der Waals surface area contributed by atoms with Gasteiger partial charge in [0.15, 0.2) is 0 Å². The highest BCUT2D eigenvalue weighted by atomic mass is 14.3. The van der Waals surface area contributed by atoms with Gasteiger partial charge in [-0.05, 0) is 125 Å². The van der Waals surface area contributed by atoms with Crippen LogP contribution in [0.5, 0.6) is 0 Å². The molecule has 5 aromatic rings. The molecule has 0 radical (unpaired) electrons. The maximum atomic E-state index is 2.41. The molecule has 0 fully saturated rings. The minimum Gasteiger partial charge on any atom is -0.0610 e. The van der Waals surface area contributed by atoms with Gasteiger partial charge in [-0.15, -0.1) is 0 Å². The predicted octanol–water partition coefficient (Wildman–Crippen LogP) is 9.67. The zero-order valence-corrected chi connectivity index (χ0v) is 20.9. The van der Waals surface area contributed by atoms with E-state index >= 15 is 0 Å². The zero-order chi connectivity index (χ0) is 23.7. The van der Waals surface area contributed by atoms with Crippen molar-refractivity contribution in [2.24, 2.45) is 0 Å². The lowest BCUT2D eigenvalue weighted by Crippen LogP contribution is -1.91. The summed E-state index contributed by atoms with van der Waals surface area (Å²) in [5.41, 5.74) is 18.8. The number of hydrogen-bond donors (Lipinski definition) is 0. The van der Waals surface area contributed by atoms with Crippen LogP contribution in [0.4, 0.5) is 0 Å². The van der Waals surface area contributed by atoms with E-state index in [1.807, 2.05) is 0 Å². The van der Waals surface area contributed by atoms with Gasteiger partial charge in [-0.1, -0.05) is 77.9 Å². The number of hydrogen-bond acceptors (Lipinski definition) is 0. The SMILES string of the molecule is Cc1cc(C)c(-c2ccc3c(c2)-c2cccc4c(-c5c(C)cc(C)cc5C)ccc-3c24)c(C)c1. The first-order chi connectivity index (χ1) is 16.3. The molecule has 6 rings (SSSR count). The number of rotatable bonds is 2. The van der Waals surface area contributed by atoms with Gasteiger partial charge in [0.25, 0.3) is 0 Å². The second-order valence-electron chi connectivity index (χ2n) is 10.2. The predicted molar refractivity (Wildman–Crippen MR) is 148 cm³/mol. The van der Waals surface area contributed by atoms with Gasteiger partial charge in [-0.2, -0.15) is 0 Å². The molecule has 0 heterocycles. The quantitative estimate of drug-likeness (QED) is 0.252. The Kier molecular flexibility index (Phi) is 4.58. The summed E-state index contributed by atoms with van der Waals surface area (Å²) in [7, 11) is 0. The molecule has 0 spiro atoms. The van der Waals surface area contributed by atoms with Crippen LogP contribution in [0.25, 0.3) is 55.3 Å². The van der Waals surface area contributed by atoms with E-state index in [9.17, 15) is 0 Å². The molecule has 0 saturated carbocycles. The largest absolute Gasteiger partial charge is 0.0610 e. The molecular weight excluding hydrogens is 408 g/mol. The van der Waals surface area contributed by atoms with E-state index in [1.54, 1.807) is 0 Å². The molecule has 0 saturated heterocycles. The Balaban J connectivity index is 1.60. The third kappa shape index (κ3) is 2.98.